The smallest absolute Gasteiger partial charge is 0.147 e. The van der Waals surface area contributed by atoms with E-state index in [0.717, 1.165) is 51.6 Å². The number of nitrogens with zero attached hydrogens (tertiary/aromatic N) is 4. The normalized spacial score (nSPS) is 19.8. The summed E-state index contributed by atoms with van der Waals surface area (Å²) in [5, 5.41) is 14.0. The van der Waals surface area contributed by atoms with Crippen LogP contribution in [0.1, 0.15) is 31.9 Å². The number of hydrogen-bond acceptors (Lipinski definition) is 9. The van der Waals surface area contributed by atoms with Gasteiger partial charge in [0.1, 0.15) is 22.8 Å². The molecule has 0 saturated carbocycles. The summed E-state index contributed by atoms with van der Waals surface area (Å²) in [4.78, 5) is 17.4. The first-order valence-electron chi connectivity index (χ1n) is 10.4. The third-order valence-corrected chi connectivity index (χ3v) is 6.76. The molecule has 1 saturated heterocycles. The van der Waals surface area contributed by atoms with Gasteiger partial charge < -0.3 is 24.8 Å². The van der Waals surface area contributed by atoms with E-state index in [1.807, 2.05) is 0 Å². The zero-order valence-corrected chi connectivity index (χ0v) is 18.4. The van der Waals surface area contributed by atoms with Crippen molar-refractivity contribution in [2.75, 3.05) is 43.1 Å². The fourth-order valence-corrected chi connectivity index (χ4v) is 5.32. The maximum Gasteiger partial charge on any atom is 0.147 e. The maximum absolute atomic E-state index is 9.68. The first-order chi connectivity index (χ1) is 14.4. The van der Waals surface area contributed by atoms with E-state index in [2.05, 4.69) is 34.0 Å². The molecule has 0 radical (unpaired) electrons. The molecule has 0 amide bonds. The van der Waals surface area contributed by atoms with Crippen LogP contribution in [0, 0.1) is 0 Å². The molecule has 0 aromatic carbocycles. The van der Waals surface area contributed by atoms with E-state index in [1.54, 1.807) is 24.6 Å². The highest BCUT2D eigenvalue weighted by Crippen LogP contribution is 2.44. The van der Waals surface area contributed by atoms with E-state index < -0.39 is 6.10 Å². The van der Waals surface area contributed by atoms with Crippen molar-refractivity contribution in [1.82, 2.24) is 15.0 Å². The second-order valence-corrected chi connectivity index (χ2v) is 9.63. The Bertz CT molecular complexity index is 1090. The summed E-state index contributed by atoms with van der Waals surface area (Å²) in [6.45, 7) is 10.1. The molecule has 0 unspecified atom stereocenters. The molecule has 5 heterocycles. The summed E-state index contributed by atoms with van der Waals surface area (Å²) in [7, 11) is 0. The van der Waals surface area contributed by atoms with Crippen molar-refractivity contribution < 1.29 is 14.6 Å². The predicted molar refractivity (Wildman–Crippen MR) is 118 cm³/mol. The fourth-order valence-electron chi connectivity index (χ4n) is 4.20. The molecule has 9 heteroatoms. The number of aliphatic hydroxyl groups is 1. The Morgan fingerprint density at radius 1 is 1.27 bits per heavy atom. The molecule has 0 aliphatic carbocycles. The molecular formula is C21H27N5O3S. The summed E-state index contributed by atoms with van der Waals surface area (Å²) in [5.74, 6) is 1.76. The largest absolute Gasteiger partial charge is 0.392 e. The van der Waals surface area contributed by atoms with E-state index in [4.69, 9.17) is 14.5 Å². The van der Waals surface area contributed by atoms with Gasteiger partial charge in [-0.3, -0.25) is 0 Å². The molecule has 8 nitrogen and oxygen atoms in total. The number of nitrogens with one attached hydrogen (secondary N) is 1. The van der Waals surface area contributed by atoms with Gasteiger partial charge >= 0.3 is 0 Å². The lowest BCUT2D eigenvalue weighted by molar-refractivity contribution is -0.0396. The van der Waals surface area contributed by atoms with Gasteiger partial charge in [-0.05, 0) is 26.3 Å². The van der Waals surface area contributed by atoms with Gasteiger partial charge in [0, 0.05) is 37.0 Å². The van der Waals surface area contributed by atoms with Gasteiger partial charge in [-0.25, -0.2) is 15.0 Å². The monoisotopic (exact) mass is 429 g/mol. The number of anilines is 2. The summed E-state index contributed by atoms with van der Waals surface area (Å²) in [6.07, 6.45) is 1.94. The van der Waals surface area contributed by atoms with Crippen molar-refractivity contribution in [1.29, 1.82) is 0 Å². The number of hydrogen-bond donors (Lipinski definition) is 2. The van der Waals surface area contributed by atoms with Crippen LogP contribution < -0.4 is 10.2 Å². The highest BCUT2D eigenvalue weighted by molar-refractivity contribution is 7.26. The van der Waals surface area contributed by atoms with Crippen LogP contribution in [0.5, 0.6) is 0 Å². The standard InChI is InChI=1S/C21H27N5O3S/c1-12(27)9-22-18-17-16(23-11-24-18)15-13-8-21(2,3)29-10-14(13)19(25-20(15)30-17)26-4-6-28-7-5-26/h11-12,27H,4-10H2,1-3H3,(H,22,23,24)/t12-/m1/s1. The van der Waals surface area contributed by atoms with Gasteiger partial charge in [0.05, 0.1) is 41.7 Å². The lowest BCUT2D eigenvalue weighted by atomic mass is 9.90. The minimum absolute atomic E-state index is 0.238. The Labute approximate surface area is 179 Å². The molecule has 2 N–H and O–H groups in total. The van der Waals surface area contributed by atoms with Crippen LogP contribution >= 0.6 is 11.3 Å². The molecule has 0 spiro atoms. The van der Waals surface area contributed by atoms with E-state index in [-0.39, 0.29) is 5.60 Å². The molecule has 1 atom stereocenters. The van der Waals surface area contributed by atoms with E-state index in [0.29, 0.717) is 26.4 Å². The molecule has 2 aliphatic heterocycles. The Morgan fingerprint density at radius 3 is 2.83 bits per heavy atom. The number of aromatic nitrogens is 3. The van der Waals surface area contributed by atoms with Crippen LogP contribution in [0.25, 0.3) is 20.4 Å². The molecule has 30 heavy (non-hydrogen) atoms. The minimum Gasteiger partial charge on any atom is -0.392 e. The van der Waals surface area contributed by atoms with Crippen LogP contribution in [0.15, 0.2) is 6.33 Å². The first-order valence-corrected chi connectivity index (χ1v) is 11.2. The van der Waals surface area contributed by atoms with E-state index in [1.165, 1.54) is 11.1 Å². The molecule has 2 aliphatic rings. The van der Waals surface area contributed by atoms with Gasteiger partial charge in [-0.2, -0.15) is 0 Å². The highest BCUT2D eigenvalue weighted by atomic mass is 32.1. The van der Waals surface area contributed by atoms with E-state index in [9.17, 15) is 5.11 Å². The maximum atomic E-state index is 9.68. The van der Waals surface area contributed by atoms with Crippen LogP contribution in [-0.2, 0) is 22.5 Å². The lowest BCUT2D eigenvalue weighted by Crippen LogP contribution is -2.39. The Kier molecular flexibility index (Phi) is 5.01. The third kappa shape index (κ3) is 3.49. The van der Waals surface area contributed by atoms with Crippen LogP contribution in [0.4, 0.5) is 11.6 Å². The summed E-state index contributed by atoms with van der Waals surface area (Å²) in [6, 6.07) is 0. The van der Waals surface area contributed by atoms with Crippen molar-refractivity contribution in [3.63, 3.8) is 0 Å². The van der Waals surface area contributed by atoms with Crippen molar-refractivity contribution in [3.05, 3.63) is 17.5 Å². The molecule has 1 fully saturated rings. The lowest BCUT2D eigenvalue weighted by Gasteiger charge is -2.36. The average Bonchev–Trinajstić information content (AvgIpc) is 3.11. The Hall–Kier alpha value is -2.07. The summed E-state index contributed by atoms with van der Waals surface area (Å²) in [5.41, 5.74) is 3.14. The zero-order valence-electron chi connectivity index (χ0n) is 17.6. The number of rotatable bonds is 4. The molecule has 5 rings (SSSR count). The third-order valence-electron chi connectivity index (χ3n) is 5.68. The van der Waals surface area contributed by atoms with Crippen LogP contribution in [0.2, 0.25) is 0 Å². The summed E-state index contributed by atoms with van der Waals surface area (Å²) < 4.78 is 12.7. The number of pyridine rings is 1. The minimum atomic E-state index is -0.457. The molecule has 3 aromatic rings. The number of thiophene rings is 1. The molecular weight excluding hydrogens is 402 g/mol. The SMILES string of the molecule is C[C@@H](O)CNc1ncnc2c1sc1nc(N3CCOCC3)c3c(c12)CC(C)(C)OC3. The highest BCUT2D eigenvalue weighted by Gasteiger charge is 2.33. The van der Waals surface area contributed by atoms with Crippen LogP contribution in [-0.4, -0.2) is 64.6 Å². The molecule has 3 aromatic heterocycles. The van der Waals surface area contributed by atoms with Crippen molar-refractivity contribution in [2.45, 2.75) is 45.5 Å². The zero-order chi connectivity index (χ0) is 20.9. The van der Waals surface area contributed by atoms with Gasteiger partial charge in [0.25, 0.3) is 0 Å². The van der Waals surface area contributed by atoms with Crippen molar-refractivity contribution in [2.24, 2.45) is 0 Å². The quantitative estimate of drug-likeness (QED) is 0.654. The van der Waals surface area contributed by atoms with Crippen LogP contribution in [0.3, 0.4) is 0 Å². The van der Waals surface area contributed by atoms with Gasteiger partial charge in [0.15, 0.2) is 0 Å². The Balaban J connectivity index is 1.72. The number of ether oxygens (including phenoxy) is 2. The van der Waals surface area contributed by atoms with Gasteiger partial charge in [-0.15, -0.1) is 11.3 Å². The first kappa shape index (κ1) is 19.9. The number of morpholine rings is 1. The van der Waals surface area contributed by atoms with Crippen molar-refractivity contribution >= 4 is 43.4 Å². The fraction of sp³-hybridized carbons (Fsp3) is 0.571. The predicted octanol–water partition coefficient (Wildman–Crippen LogP) is 2.72. The number of aliphatic hydroxyl groups excluding tert-OH is 1. The van der Waals surface area contributed by atoms with E-state index >= 15 is 0 Å². The average molecular weight is 430 g/mol. The van der Waals surface area contributed by atoms with Gasteiger partial charge in [-0.1, -0.05) is 0 Å². The molecule has 0 bridgehead atoms. The second-order valence-electron chi connectivity index (χ2n) is 8.63. The Morgan fingerprint density at radius 2 is 2.07 bits per heavy atom. The molecule has 160 valence electrons. The topological polar surface area (TPSA) is 92.6 Å². The van der Waals surface area contributed by atoms with Crippen molar-refractivity contribution in [3.8, 4) is 0 Å². The summed E-state index contributed by atoms with van der Waals surface area (Å²) >= 11 is 1.61. The second kappa shape index (κ2) is 7.56. The van der Waals surface area contributed by atoms with Gasteiger partial charge in [0.2, 0.25) is 0 Å². The number of fused-ring (bicyclic) bond motifs is 5.